The molecule has 0 saturated carbocycles. The predicted molar refractivity (Wildman–Crippen MR) is 69.0 cm³/mol. The molecule has 0 aromatic heterocycles. The zero-order valence-electron chi connectivity index (χ0n) is 11.1. The summed E-state index contributed by atoms with van der Waals surface area (Å²) in [5.74, 6) is 0.786. The molecule has 98 valence electrons. The number of nitrogens with one attached hydrogen (secondary N) is 1. The fraction of sp³-hybridized carbons (Fsp3) is 0.923. The van der Waals surface area contributed by atoms with Crippen LogP contribution in [0, 0.1) is 5.92 Å². The Morgan fingerprint density at radius 1 is 1.35 bits per heavy atom. The Morgan fingerprint density at radius 3 is 2.59 bits per heavy atom. The molecule has 17 heavy (non-hydrogen) atoms. The van der Waals surface area contributed by atoms with Crippen LogP contribution in [0.5, 0.6) is 0 Å². The number of rotatable bonds is 2. The van der Waals surface area contributed by atoms with Crippen molar-refractivity contribution in [1.29, 1.82) is 0 Å². The summed E-state index contributed by atoms with van der Waals surface area (Å²) < 4.78 is 0. The molecule has 2 fully saturated rings. The Bertz CT molecular complexity index is 255. The monoisotopic (exact) mass is 239 g/mol. The van der Waals surface area contributed by atoms with Crippen LogP contribution < -0.4 is 5.32 Å². The molecule has 2 rings (SSSR count). The first kappa shape index (κ1) is 12.7. The molecule has 2 saturated heterocycles. The van der Waals surface area contributed by atoms with Crippen LogP contribution in [0.4, 0.5) is 4.79 Å². The number of amides is 2. The number of carbonyl (C=O) groups excluding carboxylic acids is 1. The summed E-state index contributed by atoms with van der Waals surface area (Å²) >= 11 is 0. The van der Waals surface area contributed by atoms with Crippen LogP contribution in [0.1, 0.15) is 32.6 Å². The number of hydrogen-bond acceptors (Lipinski definition) is 2. The highest BCUT2D eigenvalue weighted by atomic mass is 16.2. The van der Waals surface area contributed by atoms with Gasteiger partial charge in [-0.3, -0.25) is 0 Å². The highest BCUT2D eigenvalue weighted by Gasteiger charge is 2.30. The maximum absolute atomic E-state index is 12.0. The van der Waals surface area contributed by atoms with E-state index in [0.29, 0.717) is 0 Å². The summed E-state index contributed by atoms with van der Waals surface area (Å²) in [4.78, 5) is 15.8. The van der Waals surface area contributed by atoms with E-state index < -0.39 is 0 Å². The Balaban J connectivity index is 1.79. The number of piperidine rings is 1. The fourth-order valence-electron chi connectivity index (χ4n) is 2.98. The number of hydrogen-bond donors (Lipinski definition) is 1. The zero-order valence-corrected chi connectivity index (χ0v) is 11.1. The van der Waals surface area contributed by atoms with Gasteiger partial charge in [0, 0.05) is 32.7 Å². The highest BCUT2D eigenvalue weighted by Crippen LogP contribution is 2.25. The summed E-state index contributed by atoms with van der Waals surface area (Å²) in [5.41, 5.74) is 0. The molecule has 0 radical (unpaired) electrons. The molecule has 0 bridgehead atoms. The zero-order chi connectivity index (χ0) is 12.3. The van der Waals surface area contributed by atoms with E-state index in [1.165, 1.54) is 32.2 Å². The second-order valence-corrected chi connectivity index (χ2v) is 5.32. The number of urea groups is 1. The molecule has 4 nitrogen and oxygen atoms in total. The molecule has 1 atom stereocenters. The van der Waals surface area contributed by atoms with Crippen molar-refractivity contribution in [3.63, 3.8) is 0 Å². The SMILES string of the molecule is CCN(C)C(=O)N1CCC(C2CCCN2)CC1. The minimum Gasteiger partial charge on any atom is -0.328 e. The van der Waals surface area contributed by atoms with E-state index in [1.807, 2.05) is 18.9 Å². The van der Waals surface area contributed by atoms with Crippen molar-refractivity contribution in [1.82, 2.24) is 15.1 Å². The molecule has 2 amide bonds. The van der Waals surface area contributed by atoms with Gasteiger partial charge in [0.25, 0.3) is 0 Å². The van der Waals surface area contributed by atoms with Gasteiger partial charge >= 0.3 is 6.03 Å². The van der Waals surface area contributed by atoms with Gasteiger partial charge in [0.15, 0.2) is 0 Å². The van der Waals surface area contributed by atoms with Gasteiger partial charge in [0.1, 0.15) is 0 Å². The first-order valence-electron chi connectivity index (χ1n) is 6.95. The third-order valence-electron chi connectivity index (χ3n) is 4.28. The lowest BCUT2D eigenvalue weighted by Crippen LogP contribution is -2.47. The summed E-state index contributed by atoms with van der Waals surface area (Å²) in [6.07, 6.45) is 4.98. The van der Waals surface area contributed by atoms with Gasteiger partial charge in [-0.25, -0.2) is 4.79 Å². The van der Waals surface area contributed by atoms with Crippen molar-refractivity contribution >= 4 is 6.03 Å². The second kappa shape index (κ2) is 5.71. The van der Waals surface area contributed by atoms with Crippen molar-refractivity contribution in [3.8, 4) is 0 Å². The molecule has 0 aromatic rings. The van der Waals surface area contributed by atoms with E-state index in [1.54, 1.807) is 4.90 Å². The summed E-state index contributed by atoms with van der Waals surface area (Å²) in [5, 5.41) is 3.59. The molecule has 1 N–H and O–H groups in total. The molecule has 0 aliphatic carbocycles. The Morgan fingerprint density at radius 2 is 2.06 bits per heavy atom. The Labute approximate surface area is 104 Å². The van der Waals surface area contributed by atoms with Gasteiger partial charge in [-0.15, -0.1) is 0 Å². The van der Waals surface area contributed by atoms with Crippen molar-refractivity contribution in [2.24, 2.45) is 5.92 Å². The van der Waals surface area contributed by atoms with E-state index in [9.17, 15) is 4.79 Å². The molecule has 2 heterocycles. The minimum atomic E-state index is 0.199. The lowest BCUT2D eigenvalue weighted by Gasteiger charge is -2.36. The first-order valence-corrected chi connectivity index (χ1v) is 6.95. The van der Waals surface area contributed by atoms with Crippen molar-refractivity contribution in [2.45, 2.75) is 38.6 Å². The number of likely N-dealkylation sites (tertiary alicyclic amines) is 1. The summed E-state index contributed by atoms with van der Waals surface area (Å²) in [6.45, 7) is 5.87. The first-order chi connectivity index (χ1) is 8.22. The van der Waals surface area contributed by atoms with Crippen LogP contribution in [0.25, 0.3) is 0 Å². The average molecular weight is 239 g/mol. The van der Waals surface area contributed by atoms with E-state index in [-0.39, 0.29) is 6.03 Å². The molecule has 1 unspecified atom stereocenters. The van der Waals surface area contributed by atoms with Crippen LogP contribution in [0.2, 0.25) is 0 Å². The summed E-state index contributed by atoms with van der Waals surface area (Å²) in [6, 6.07) is 0.918. The third kappa shape index (κ3) is 2.92. The van der Waals surface area contributed by atoms with Crippen molar-refractivity contribution < 1.29 is 4.79 Å². The molecule has 2 aliphatic heterocycles. The molecule has 0 aromatic carbocycles. The fourth-order valence-corrected chi connectivity index (χ4v) is 2.98. The quantitative estimate of drug-likeness (QED) is 0.793. The van der Waals surface area contributed by atoms with Gasteiger partial charge in [-0.2, -0.15) is 0 Å². The lowest BCUT2D eigenvalue weighted by atomic mass is 9.89. The highest BCUT2D eigenvalue weighted by molar-refractivity contribution is 5.74. The number of nitrogens with zero attached hydrogens (tertiary/aromatic N) is 2. The van der Waals surface area contributed by atoms with Gasteiger partial charge in [-0.1, -0.05) is 0 Å². The van der Waals surface area contributed by atoms with Gasteiger partial charge < -0.3 is 15.1 Å². The maximum Gasteiger partial charge on any atom is 0.319 e. The molecular weight excluding hydrogens is 214 g/mol. The van der Waals surface area contributed by atoms with Gasteiger partial charge in [-0.05, 0) is 45.1 Å². The second-order valence-electron chi connectivity index (χ2n) is 5.32. The number of carbonyl (C=O) groups is 1. The van der Waals surface area contributed by atoms with Crippen LogP contribution in [-0.2, 0) is 0 Å². The predicted octanol–water partition coefficient (Wildman–Crippen LogP) is 1.52. The van der Waals surface area contributed by atoms with Gasteiger partial charge in [0.2, 0.25) is 0 Å². The largest absolute Gasteiger partial charge is 0.328 e. The Kier molecular flexibility index (Phi) is 4.26. The van der Waals surface area contributed by atoms with Crippen LogP contribution in [0.15, 0.2) is 0 Å². The molecule has 2 aliphatic rings. The third-order valence-corrected chi connectivity index (χ3v) is 4.28. The Hall–Kier alpha value is -0.770. The standard InChI is InChI=1S/C13H25N3O/c1-3-15(2)13(17)16-9-6-11(7-10-16)12-5-4-8-14-12/h11-12,14H,3-10H2,1-2H3. The molecule has 4 heteroatoms. The van der Waals surface area contributed by atoms with E-state index in [4.69, 9.17) is 0 Å². The van der Waals surface area contributed by atoms with Crippen LogP contribution in [-0.4, -0.2) is 55.1 Å². The lowest BCUT2D eigenvalue weighted by molar-refractivity contribution is 0.135. The normalized spacial score (nSPS) is 26.2. The van der Waals surface area contributed by atoms with E-state index in [0.717, 1.165) is 31.6 Å². The maximum atomic E-state index is 12.0. The van der Waals surface area contributed by atoms with E-state index in [2.05, 4.69) is 5.32 Å². The van der Waals surface area contributed by atoms with Crippen LogP contribution in [0.3, 0.4) is 0 Å². The average Bonchev–Trinajstić information content (AvgIpc) is 2.91. The topological polar surface area (TPSA) is 35.6 Å². The van der Waals surface area contributed by atoms with Crippen LogP contribution >= 0.6 is 0 Å². The smallest absolute Gasteiger partial charge is 0.319 e. The summed E-state index contributed by atoms with van der Waals surface area (Å²) in [7, 11) is 1.88. The van der Waals surface area contributed by atoms with Crippen molar-refractivity contribution in [3.05, 3.63) is 0 Å². The molecular formula is C13H25N3O. The van der Waals surface area contributed by atoms with Crippen molar-refractivity contribution in [2.75, 3.05) is 33.2 Å². The molecule has 0 spiro atoms. The van der Waals surface area contributed by atoms with E-state index >= 15 is 0 Å². The minimum absolute atomic E-state index is 0.199. The van der Waals surface area contributed by atoms with Gasteiger partial charge in [0.05, 0.1) is 0 Å².